The van der Waals surface area contributed by atoms with E-state index in [0.717, 1.165) is 6.42 Å². The molecule has 0 amide bonds. The maximum atomic E-state index is 11.0. The SMILES string of the molecule is CCC1(C)CC(C(C)=O)C1C. The van der Waals surface area contributed by atoms with Crippen LogP contribution in [0.1, 0.15) is 40.5 Å². The Balaban J connectivity index is 2.56. The molecule has 0 aliphatic heterocycles. The monoisotopic (exact) mass is 154 g/mol. The lowest BCUT2D eigenvalue weighted by molar-refractivity contribution is -0.134. The smallest absolute Gasteiger partial charge is 0.133 e. The van der Waals surface area contributed by atoms with E-state index in [1.807, 2.05) is 0 Å². The molecule has 0 saturated heterocycles. The second-order valence-electron chi connectivity index (χ2n) is 4.22. The van der Waals surface area contributed by atoms with Crippen LogP contribution in [0, 0.1) is 17.3 Å². The van der Waals surface area contributed by atoms with Gasteiger partial charge in [0.15, 0.2) is 0 Å². The third-order valence-corrected chi connectivity index (χ3v) is 3.72. The first-order chi connectivity index (χ1) is 5.01. The number of carbonyl (C=O) groups excluding carboxylic acids is 1. The van der Waals surface area contributed by atoms with Crippen molar-refractivity contribution >= 4 is 5.78 Å². The lowest BCUT2D eigenvalue weighted by Gasteiger charge is -2.50. The second kappa shape index (κ2) is 2.62. The zero-order valence-corrected chi connectivity index (χ0v) is 7.98. The van der Waals surface area contributed by atoms with Crippen molar-refractivity contribution in [3.05, 3.63) is 0 Å². The third-order valence-electron chi connectivity index (χ3n) is 3.72. The molecular formula is C10H18O. The molecule has 1 rings (SSSR count). The zero-order chi connectivity index (χ0) is 8.65. The van der Waals surface area contributed by atoms with Crippen molar-refractivity contribution in [3.63, 3.8) is 0 Å². The van der Waals surface area contributed by atoms with Crippen LogP contribution < -0.4 is 0 Å². The van der Waals surface area contributed by atoms with E-state index in [1.54, 1.807) is 6.92 Å². The lowest BCUT2D eigenvalue weighted by atomic mass is 9.53. The average Bonchev–Trinajstić information content (AvgIpc) is 1.98. The van der Waals surface area contributed by atoms with Crippen LogP contribution in [0.4, 0.5) is 0 Å². The van der Waals surface area contributed by atoms with Gasteiger partial charge >= 0.3 is 0 Å². The number of ketones is 1. The van der Waals surface area contributed by atoms with Gasteiger partial charge in [0.1, 0.15) is 5.78 Å². The highest BCUT2D eigenvalue weighted by molar-refractivity contribution is 5.79. The molecule has 1 aliphatic rings. The number of hydrogen-bond donors (Lipinski definition) is 0. The Morgan fingerprint density at radius 1 is 1.64 bits per heavy atom. The second-order valence-corrected chi connectivity index (χ2v) is 4.22. The Labute approximate surface area is 69.2 Å². The van der Waals surface area contributed by atoms with Gasteiger partial charge in [0, 0.05) is 5.92 Å². The van der Waals surface area contributed by atoms with E-state index in [2.05, 4.69) is 20.8 Å². The molecule has 0 aromatic rings. The van der Waals surface area contributed by atoms with Crippen molar-refractivity contribution in [3.8, 4) is 0 Å². The number of Topliss-reactive ketones (excluding diaryl/α,β-unsaturated/α-hetero) is 1. The van der Waals surface area contributed by atoms with Gasteiger partial charge < -0.3 is 0 Å². The normalized spacial score (nSPS) is 43.3. The summed E-state index contributed by atoms with van der Waals surface area (Å²) in [6, 6.07) is 0. The standard InChI is InChI=1S/C10H18O/c1-5-10(4)6-9(7(10)2)8(3)11/h7,9H,5-6H2,1-4H3. The Morgan fingerprint density at radius 3 is 2.45 bits per heavy atom. The van der Waals surface area contributed by atoms with Crippen LogP contribution in [-0.4, -0.2) is 5.78 Å². The number of rotatable bonds is 2. The molecule has 11 heavy (non-hydrogen) atoms. The zero-order valence-electron chi connectivity index (χ0n) is 7.98. The highest BCUT2D eigenvalue weighted by atomic mass is 16.1. The van der Waals surface area contributed by atoms with Gasteiger partial charge in [-0.1, -0.05) is 27.2 Å². The maximum Gasteiger partial charge on any atom is 0.133 e. The molecule has 1 saturated carbocycles. The summed E-state index contributed by atoms with van der Waals surface area (Å²) in [6.45, 7) is 8.43. The van der Waals surface area contributed by atoms with E-state index in [1.165, 1.54) is 6.42 Å². The summed E-state index contributed by atoms with van der Waals surface area (Å²) in [6.07, 6.45) is 2.32. The summed E-state index contributed by atoms with van der Waals surface area (Å²) in [5.74, 6) is 1.34. The molecule has 1 heteroatoms. The van der Waals surface area contributed by atoms with Crippen LogP contribution in [0.5, 0.6) is 0 Å². The highest BCUT2D eigenvalue weighted by Crippen LogP contribution is 2.52. The molecule has 3 unspecified atom stereocenters. The quantitative estimate of drug-likeness (QED) is 0.597. The molecule has 0 N–H and O–H groups in total. The minimum atomic E-state index is 0.361. The van der Waals surface area contributed by atoms with Gasteiger partial charge in [-0.15, -0.1) is 0 Å². The minimum absolute atomic E-state index is 0.361. The Morgan fingerprint density at radius 2 is 2.18 bits per heavy atom. The molecule has 0 aromatic carbocycles. The van der Waals surface area contributed by atoms with Gasteiger partial charge in [0.05, 0.1) is 0 Å². The first-order valence-corrected chi connectivity index (χ1v) is 4.51. The van der Waals surface area contributed by atoms with Gasteiger partial charge in [-0.3, -0.25) is 4.79 Å². The lowest BCUT2D eigenvalue weighted by Crippen LogP contribution is -2.46. The molecule has 64 valence electrons. The Kier molecular flexibility index (Phi) is 2.08. The van der Waals surface area contributed by atoms with Crippen molar-refractivity contribution in [2.75, 3.05) is 0 Å². The molecule has 0 bridgehead atoms. The molecule has 1 fully saturated rings. The van der Waals surface area contributed by atoms with E-state index < -0.39 is 0 Å². The van der Waals surface area contributed by atoms with E-state index in [-0.39, 0.29) is 0 Å². The van der Waals surface area contributed by atoms with Crippen molar-refractivity contribution in [1.29, 1.82) is 0 Å². The van der Waals surface area contributed by atoms with Gasteiger partial charge in [-0.25, -0.2) is 0 Å². The molecule has 0 heterocycles. The molecule has 3 atom stereocenters. The van der Waals surface area contributed by atoms with E-state index >= 15 is 0 Å². The number of hydrogen-bond acceptors (Lipinski definition) is 1. The van der Waals surface area contributed by atoms with Crippen molar-refractivity contribution in [1.82, 2.24) is 0 Å². The Bertz CT molecular complexity index is 174. The number of carbonyl (C=O) groups is 1. The average molecular weight is 154 g/mol. The fraction of sp³-hybridized carbons (Fsp3) is 0.900. The van der Waals surface area contributed by atoms with Gasteiger partial charge in [0.25, 0.3) is 0 Å². The first kappa shape index (κ1) is 8.76. The maximum absolute atomic E-state index is 11.0. The minimum Gasteiger partial charge on any atom is -0.300 e. The molecule has 0 aromatic heterocycles. The van der Waals surface area contributed by atoms with Crippen LogP contribution in [0.2, 0.25) is 0 Å². The molecule has 1 aliphatic carbocycles. The van der Waals surface area contributed by atoms with Crippen LogP contribution in [0.25, 0.3) is 0 Å². The van der Waals surface area contributed by atoms with Crippen LogP contribution in [0.15, 0.2) is 0 Å². The van der Waals surface area contributed by atoms with Gasteiger partial charge in [-0.05, 0) is 24.7 Å². The summed E-state index contributed by atoms with van der Waals surface area (Å²) >= 11 is 0. The highest BCUT2D eigenvalue weighted by Gasteiger charge is 2.48. The van der Waals surface area contributed by atoms with Crippen LogP contribution >= 0.6 is 0 Å². The fourth-order valence-electron chi connectivity index (χ4n) is 2.15. The summed E-state index contributed by atoms with van der Waals surface area (Å²) < 4.78 is 0. The summed E-state index contributed by atoms with van der Waals surface area (Å²) in [5.41, 5.74) is 0.455. The molecule has 0 radical (unpaired) electrons. The third kappa shape index (κ3) is 1.21. The van der Waals surface area contributed by atoms with Crippen molar-refractivity contribution < 1.29 is 4.79 Å². The van der Waals surface area contributed by atoms with E-state index in [4.69, 9.17) is 0 Å². The van der Waals surface area contributed by atoms with Gasteiger partial charge in [-0.2, -0.15) is 0 Å². The summed E-state index contributed by atoms with van der Waals surface area (Å²) in [4.78, 5) is 11.0. The molecule has 0 spiro atoms. The molecule has 1 nitrogen and oxygen atoms in total. The van der Waals surface area contributed by atoms with E-state index in [9.17, 15) is 4.79 Å². The van der Waals surface area contributed by atoms with E-state index in [0.29, 0.717) is 23.0 Å². The Hall–Kier alpha value is -0.330. The summed E-state index contributed by atoms with van der Waals surface area (Å²) in [7, 11) is 0. The predicted molar refractivity (Wildman–Crippen MR) is 46.4 cm³/mol. The van der Waals surface area contributed by atoms with Crippen LogP contribution in [0.3, 0.4) is 0 Å². The van der Waals surface area contributed by atoms with Crippen molar-refractivity contribution in [2.45, 2.75) is 40.5 Å². The fourth-order valence-corrected chi connectivity index (χ4v) is 2.15. The molecular weight excluding hydrogens is 136 g/mol. The summed E-state index contributed by atoms with van der Waals surface area (Å²) in [5, 5.41) is 0. The van der Waals surface area contributed by atoms with Crippen LogP contribution in [-0.2, 0) is 4.79 Å². The predicted octanol–water partition coefficient (Wildman–Crippen LogP) is 2.65. The first-order valence-electron chi connectivity index (χ1n) is 4.51. The largest absolute Gasteiger partial charge is 0.300 e. The van der Waals surface area contributed by atoms with Crippen molar-refractivity contribution in [2.24, 2.45) is 17.3 Å². The topological polar surface area (TPSA) is 17.1 Å². The van der Waals surface area contributed by atoms with Gasteiger partial charge in [0.2, 0.25) is 0 Å².